The fourth-order valence-corrected chi connectivity index (χ4v) is 2.59. The minimum absolute atomic E-state index is 0.0598. The number of carbonyl (C=O) groups excluding carboxylic acids is 2. The van der Waals surface area contributed by atoms with Gasteiger partial charge in [0.25, 0.3) is 5.91 Å². The van der Waals surface area contributed by atoms with Crippen LogP contribution in [0.25, 0.3) is 0 Å². The molecule has 0 radical (unpaired) electrons. The highest BCUT2D eigenvalue weighted by Crippen LogP contribution is 2.20. The van der Waals surface area contributed by atoms with E-state index in [0.717, 1.165) is 5.56 Å². The van der Waals surface area contributed by atoms with E-state index in [2.05, 4.69) is 5.32 Å². The van der Waals surface area contributed by atoms with Crippen LogP contribution in [0.2, 0.25) is 0 Å². The van der Waals surface area contributed by atoms with Crippen LogP contribution in [0.5, 0.6) is 5.75 Å². The molecule has 0 spiro atoms. The van der Waals surface area contributed by atoms with Crippen LogP contribution < -0.4 is 10.1 Å². The largest absolute Gasteiger partial charge is 0.491 e. The molecule has 0 aliphatic carbocycles. The minimum Gasteiger partial charge on any atom is -0.491 e. The van der Waals surface area contributed by atoms with E-state index in [1.165, 1.54) is 24.3 Å². The van der Waals surface area contributed by atoms with E-state index >= 15 is 0 Å². The van der Waals surface area contributed by atoms with Gasteiger partial charge >= 0.3 is 5.97 Å². The van der Waals surface area contributed by atoms with Gasteiger partial charge in [-0.25, -0.2) is 9.18 Å². The molecule has 26 heavy (non-hydrogen) atoms. The molecule has 0 aromatic heterocycles. The zero-order chi connectivity index (χ0) is 18.5. The summed E-state index contributed by atoms with van der Waals surface area (Å²) in [5.41, 5.74) is 1.22. The third-order valence-corrected chi connectivity index (χ3v) is 3.95. The zero-order valence-corrected chi connectivity index (χ0v) is 13.9. The van der Waals surface area contributed by atoms with E-state index in [1.54, 1.807) is 24.3 Å². The highest BCUT2D eigenvalue weighted by molar-refractivity contribution is 5.95. The Balaban J connectivity index is 1.46. The molecule has 0 bridgehead atoms. The van der Waals surface area contributed by atoms with Crippen molar-refractivity contribution in [2.45, 2.75) is 18.6 Å². The topological polar surface area (TPSA) is 84.9 Å². The van der Waals surface area contributed by atoms with Crippen molar-refractivity contribution in [1.82, 2.24) is 5.32 Å². The van der Waals surface area contributed by atoms with Gasteiger partial charge in [0.05, 0.1) is 5.56 Å². The van der Waals surface area contributed by atoms with Gasteiger partial charge in [-0.1, -0.05) is 18.2 Å². The molecule has 1 heterocycles. The average molecular weight is 359 g/mol. The number of carbonyl (C=O) groups is 2. The summed E-state index contributed by atoms with van der Waals surface area (Å²) in [7, 11) is 0. The van der Waals surface area contributed by atoms with Crippen molar-refractivity contribution >= 4 is 11.9 Å². The molecule has 1 aliphatic rings. The van der Waals surface area contributed by atoms with Crippen LogP contribution in [-0.4, -0.2) is 42.3 Å². The zero-order valence-electron chi connectivity index (χ0n) is 13.9. The number of esters is 1. The molecule has 2 unspecified atom stereocenters. The molecular weight excluding hydrogens is 341 g/mol. The van der Waals surface area contributed by atoms with Crippen molar-refractivity contribution in [1.29, 1.82) is 0 Å². The number of benzene rings is 2. The van der Waals surface area contributed by atoms with Gasteiger partial charge in [-0.05, 0) is 35.9 Å². The van der Waals surface area contributed by atoms with Crippen molar-refractivity contribution < 1.29 is 28.6 Å². The molecule has 2 aromatic carbocycles. The lowest BCUT2D eigenvalue weighted by Crippen LogP contribution is -2.45. The molecule has 7 heteroatoms. The molecule has 2 aromatic rings. The van der Waals surface area contributed by atoms with E-state index in [0.29, 0.717) is 11.3 Å². The Morgan fingerprint density at radius 3 is 2.77 bits per heavy atom. The van der Waals surface area contributed by atoms with Crippen LogP contribution in [0, 0.1) is 5.82 Å². The van der Waals surface area contributed by atoms with Gasteiger partial charge in [0, 0.05) is 13.0 Å². The van der Waals surface area contributed by atoms with Crippen LogP contribution in [0.4, 0.5) is 4.39 Å². The van der Waals surface area contributed by atoms with Gasteiger partial charge in [0.15, 0.2) is 6.10 Å². The molecule has 3 rings (SSSR count). The van der Waals surface area contributed by atoms with Crippen LogP contribution in [0.3, 0.4) is 0 Å². The van der Waals surface area contributed by atoms with Crippen molar-refractivity contribution in [2.75, 3.05) is 13.2 Å². The van der Waals surface area contributed by atoms with Crippen molar-refractivity contribution in [3.8, 4) is 5.75 Å². The maximum Gasteiger partial charge on any atom is 0.339 e. The van der Waals surface area contributed by atoms with E-state index in [4.69, 9.17) is 9.47 Å². The van der Waals surface area contributed by atoms with E-state index in [1.807, 2.05) is 0 Å². The number of amides is 1. The standard InChI is InChI=1S/C19H18FNO5/c20-13-5-7-15(8-6-13)25-11-14(22)10-21-18(23)17-9-12-3-1-2-4-16(12)19(24)26-17/h1-8,14,17,22H,9-11H2,(H,21,23). The highest BCUT2D eigenvalue weighted by Gasteiger charge is 2.31. The SMILES string of the molecule is O=C1OC(C(=O)NCC(O)COc2ccc(F)cc2)Cc2ccccc21. The monoisotopic (exact) mass is 359 g/mol. The van der Waals surface area contributed by atoms with E-state index in [-0.39, 0.29) is 25.4 Å². The Morgan fingerprint density at radius 1 is 1.27 bits per heavy atom. The lowest BCUT2D eigenvalue weighted by Gasteiger charge is -2.24. The molecule has 1 amide bonds. The molecule has 0 saturated heterocycles. The number of fused-ring (bicyclic) bond motifs is 1. The fourth-order valence-electron chi connectivity index (χ4n) is 2.59. The molecule has 2 N–H and O–H groups in total. The number of aliphatic hydroxyl groups excluding tert-OH is 1. The summed E-state index contributed by atoms with van der Waals surface area (Å²) in [6, 6.07) is 12.3. The first-order valence-corrected chi connectivity index (χ1v) is 8.16. The summed E-state index contributed by atoms with van der Waals surface area (Å²) in [6.07, 6.45) is -1.60. The highest BCUT2D eigenvalue weighted by atomic mass is 19.1. The number of cyclic esters (lactones) is 1. The van der Waals surface area contributed by atoms with Gasteiger partial charge < -0.3 is 19.9 Å². The van der Waals surface area contributed by atoms with Gasteiger partial charge in [-0.3, -0.25) is 4.79 Å². The third kappa shape index (κ3) is 4.37. The maximum absolute atomic E-state index is 12.8. The third-order valence-electron chi connectivity index (χ3n) is 3.95. The smallest absolute Gasteiger partial charge is 0.339 e. The van der Waals surface area contributed by atoms with Gasteiger partial charge in [0.1, 0.15) is 24.3 Å². The minimum atomic E-state index is -0.962. The van der Waals surface area contributed by atoms with Gasteiger partial charge in [-0.2, -0.15) is 0 Å². The average Bonchev–Trinajstić information content (AvgIpc) is 2.65. The number of hydrogen-bond acceptors (Lipinski definition) is 5. The summed E-state index contributed by atoms with van der Waals surface area (Å²) < 4.78 is 23.3. The number of nitrogens with one attached hydrogen (secondary N) is 1. The number of halogens is 1. The Hall–Kier alpha value is -2.93. The van der Waals surface area contributed by atoms with Gasteiger partial charge in [-0.15, -0.1) is 0 Å². The Labute approximate surface area is 149 Å². The first-order valence-electron chi connectivity index (χ1n) is 8.16. The van der Waals surface area contributed by atoms with Crippen LogP contribution in [0.15, 0.2) is 48.5 Å². The molecule has 0 saturated carbocycles. The van der Waals surface area contributed by atoms with Crippen LogP contribution >= 0.6 is 0 Å². The molecule has 136 valence electrons. The molecular formula is C19H18FNO5. The summed E-state index contributed by atoms with van der Waals surface area (Å²) in [6.45, 7) is -0.130. The van der Waals surface area contributed by atoms with Crippen molar-refractivity contribution in [3.63, 3.8) is 0 Å². The van der Waals surface area contributed by atoms with Crippen LogP contribution in [-0.2, 0) is 16.0 Å². The summed E-state index contributed by atoms with van der Waals surface area (Å²) in [4.78, 5) is 24.1. The second kappa shape index (κ2) is 7.97. The Kier molecular flexibility index (Phi) is 5.48. The Morgan fingerprint density at radius 2 is 2.00 bits per heavy atom. The van der Waals surface area contributed by atoms with Crippen molar-refractivity contribution in [2.24, 2.45) is 0 Å². The first kappa shape index (κ1) is 17.9. The molecule has 6 nitrogen and oxygen atoms in total. The molecule has 2 atom stereocenters. The fraction of sp³-hybridized carbons (Fsp3) is 0.263. The predicted octanol–water partition coefficient (Wildman–Crippen LogP) is 1.46. The number of aliphatic hydroxyl groups is 1. The normalized spacial score (nSPS) is 17.0. The predicted molar refractivity (Wildman–Crippen MR) is 90.3 cm³/mol. The summed E-state index contributed by atoms with van der Waals surface area (Å²) in [5.74, 6) is -0.982. The number of ether oxygens (including phenoxy) is 2. The van der Waals surface area contributed by atoms with E-state index < -0.39 is 24.1 Å². The Bertz CT molecular complexity index is 793. The van der Waals surface area contributed by atoms with E-state index in [9.17, 15) is 19.1 Å². The maximum atomic E-state index is 12.8. The number of hydrogen-bond donors (Lipinski definition) is 2. The lowest BCUT2D eigenvalue weighted by atomic mass is 9.98. The van der Waals surface area contributed by atoms with Crippen LogP contribution in [0.1, 0.15) is 15.9 Å². The van der Waals surface area contributed by atoms with Crippen molar-refractivity contribution in [3.05, 3.63) is 65.5 Å². The first-order chi connectivity index (χ1) is 12.5. The quantitative estimate of drug-likeness (QED) is 0.763. The second-order valence-electron chi connectivity index (χ2n) is 5.92. The molecule has 1 aliphatic heterocycles. The second-order valence-corrected chi connectivity index (χ2v) is 5.92. The number of rotatable bonds is 6. The van der Waals surface area contributed by atoms with Gasteiger partial charge in [0.2, 0.25) is 0 Å². The lowest BCUT2D eigenvalue weighted by molar-refractivity contribution is -0.130. The summed E-state index contributed by atoms with van der Waals surface area (Å²) >= 11 is 0. The molecule has 0 fully saturated rings. The summed E-state index contributed by atoms with van der Waals surface area (Å²) in [5, 5.41) is 12.4.